The van der Waals surface area contributed by atoms with E-state index in [-0.39, 0.29) is 44.5 Å². The zero-order valence-electron chi connectivity index (χ0n) is 36.5. The van der Waals surface area contributed by atoms with Gasteiger partial charge in [-0.1, -0.05) is 78.4 Å². The van der Waals surface area contributed by atoms with Crippen molar-refractivity contribution in [1.82, 2.24) is 9.80 Å². The van der Waals surface area contributed by atoms with Crippen LogP contribution >= 0.6 is 11.8 Å². The number of amides is 2. The number of rotatable bonds is 17. The fourth-order valence-electron chi connectivity index (χ4n) is 8.77. The Hall–Kier alpha value is -6.73. The van der Waals surface area contributed by atoms with E-state index in [0.29, 0.717) is 52.7 Å². The van der Waals surface area contributed by atoms with Crippen molar-refractivity contribution in [2.45, 2.75) is 55.0 Å². The average molecular weight is 883 g/mol. The Kier molecular flexibility index (Phi) is 12.7. The summed E-state index contributed by atoms with van der Waals surface area (Å²) in [4.78, 5) is 60.5. The molecule has 13 heteroatoms. The van der Waals surface area contributed by atoms with E-state index in [1.807, 2.05) is 110 Å². The SMILES string of the molecule is COC(=O)C1=C(c2ccccc2)N(Cc2ccc(OCCOC(=O)C3(Sc4ccc(C)cc4)CC(=O)N(Cc4ccc(OC)cc4OC)C3c3ccccc3)cc2OC)C(=O)C12CC2. The molecule has 0 aromatic heterocycles. The van der Waals surface area contributed by atoms with Crippen LogP contribution in [0.5, 0.6) is 23.0 Å². The zero-order chi connectivity index (χ0) is 45.0. The molecule has 2 unspecified atom stereocenters. The van der Waals surface area contributed by atoms with E-state index in [4.69, 9.17) is 28.4 Å². The molecule has 0 radical (unpaired) electrons. The monoisotopic (exact) mass is 882 g/mol. The van der Waals surface area contributed by atoms with Crippen LogP contribution in [0.3, 0.4) is 0 Å². The van der Waals surface area contributed by atoms with Crippen molar-refractivity contribution in [3.63, 3.8) is 0 Å². The van der Waals surface area contributed by atoms with Gasteiger partial charge < -0.3 is 38.2 Å². The number of hydrogen-bond acceptors (Lipinski definition) is 11. The van der Waals surface area contributed by atoms with Gasteiger partial charge in [0.15, 0.2) is 4.75 Å². The summed E-state index contributed by atoms with van der Waals surface area (Å²) >= 11 is 1.33. The summed E-state index contributed by atoms with van der Waals surface area (Å²) in [5.74, 6) is 0.710. The third-order valence-corrected chi connectivity index (χ3v) is 13.5. The molecule has 12 nitrogen and oxygen atoms in total. The highest BCUT2D eigenvalue weighted by Gasteiger charge is 2.63. The van der Waals surface area contributed by atoms with Crippen molar-refractivity contribution >= 4 is 41.2 Å². The molecule has 2 heterocycles. The molecule has 2 aliphatic heterocycles. The number of aryl methyl sites for hydroxylation is 1. The molecule has 1 spiro atoms. The Bertz CT molecular complexity index is 2580. The van der Waals surface area contributed by atoms with Crippen LogP contribution in [0.15, 0.2) is 132 Å². The molecule has 8 rings (SSSR count). The molecular formula is C51H50N2O10S. The summed E-state index contributed by atoms with van der Waals surface area (Å²) in [6.07, 6.45) is 1.04. The third kappa shape index (κ3) is 8.39. The summed E-state index contributed by atoms with van der Waals surface area (Å²) in [7, 11) is 6.02. The second-order valence-corrected chi connectivity index (χ2v) is 17.4. The molecular weight excluding hydrogens is 833 g/mol. The minimum atomic E-state index is -1.37. The van der Waals surface area contributed by atoms with E-state index < -0.39 is 28.1 Å². The third-order valence-electron chi connectivity index (χ3n) is 12.1. The predicted molar refractivity (Wildman–Crippen MR) is 241 cm³/mol. The first-order chi connectivity index (χ1) is 31.0. The summed E-state index contributed by atoms with van der Waals surface area (Å²) in [6, 6.07) is 36.9. The highest BCUT2D eigenvalue weighted by Crippen LogP contribution is 2.61. The molecule has 0 N–H and O–H groups in total. The topological polar surface area (TPSA) is 130 Å². The number of methoxy groups -OCH3 is 4. The fourth-order valence-corrected chi connectivity index (χ4v) is 10.2. The molecule has 5 aromatic carbocycles. The van der Waals surface area contributed by atoms with Crippen LogP contribution < -0.4 is 18.9 Å². The van der Waals surface area contributed by atoms with Gasteiger partial charge in [-0.05, 0) is 67.3 Å². The quantitative estimate of drug-likeness (QED) is 0.0660. The number of carbonyl (C=O) groups excluding carboxylic acids is 4. The molecule has 0 bridgehead atoms. The molecule has 1 aliphatic carbocycles. The van der Waals surface area contributed by atoms with E-state index in [9.17, 15) is 19.2 Å². The van der Waals surface area contributed by atoms with Gasteiger partial charge in [0.25, 0.3) is 0 Å². The average Bonchev–Trinajstić information content (AvgIpc) is 4.03. The van der Waals surface area contributed by atoms with Crippen molar-refractivity contribution in [2.75, 3.05) is 41.7 Å². The first-order valence-electron chi connectivity index (χ1n) is 21.0. The lowest BCUT2D eigenvalue weighted by atomic mass is 9.92. The highest BCUT2D eigenvalue weighted by atomic mass is 32.2. The van der Waals surface area contributed by atoms with E-state index in [1.54, 1.807) is 42.2 Å². The maximum absolute atomic E-state index is 14.8. The Labute approximate surface area is 377 Å². The summed E-state index contributed by atoms with van der Waals surface area (Å²) < 4.78 is 33.0. The number of thioether (sulfide) groups is 1. The van der Waals surface area contributed by atoms with E-state index in [1.165, 1.54) is 26.0 Å². The van der Waals surface area contributed by atoms with Gasteiger partial charge >= 0.3 is 11.9 Å². The van der Waals surface area contributed by atoms with Crippen molar-refractivity contribution in [3.05, 3.63) is 155 Å². The van der Waals surface area contributed by atoms with E-state index in [2.05, 4.69) is 0 Å². The molecule has 2 atom stereocenters. The van der Waals surface area contributed by atoms with E-state index in [0.717, 1.165) is 27.1 Å². The van der Waals surface area contributed by atoms with Gasteiger partial charge in [0, 0.05) is 34.7 Å². The van der Waals surface area contributed by atoms with Crippen LogP contribution in [0.2, 0.25) is 0 Å². The summed E-state index contributed by atoms with van der Waals surface area (Å²) in [5.41, 5.74) is 4.10. The first-order valence-corrected chi connectivity index (χ1v) is 21.9. The fraction of sp³-hybridized carbons (Fsp3) is 0.294. The molecule has 2 amide bonds. The Morgan fingerprint density at radius 2 is 1.34 bits per heavy atom. The lowest BCUT2D eigenvalue weighted by molar-refractivity contribution is -0.148. The van der Waals surface area contributed by atoms with Crippen LogP contribution in [0, 0.1) is 12.3 Å². The maximum Gasteiger partial charge on any atom is 0.336 e. The minimum absolute atomic E-state index is 0.00669. The van der Waals surface area contributed by atoms with Crippen molar-refractivity contribution in [2.24, 2.45) is 5.41 Å². The number of esters is 2. The molecule has 3 aliphatic rings. The number of benzene rings is 5. The standard InChI is InChI=1S/C51H50N2O10S/c1-33-16-22-40(23-17-33)64-51(30-43(54)52(46(51)35-14-10-7-11-15-35)31-36-18-20-38(58-2)28-41(36)59-3)49(57)63-27-26-62-39-21-19-37(42(29-39)60-4)32-53-45(34-12-8-6-9-13-34)44(47(55)61-5)50(24-25-50)48(53)56/h6-23,28-29,46H,24-27,30-32H2,1-5H3. The molecule has 64 heavy (non-hydrogen) atoms. The smallest absolute Gasteiger partial charge is 0.336 e. The second kappa shape index (κ2) is 18.5. The van der Waals surface area contributed by atoms with Crippen LogP contribution in [0.25, 0.3) is 5.70 Å². The van der Waals surface area contributed by atoms with Gasteiger partial charge in [0.1, 0.15) is 36.2 Å². The summed E-state index contributed by atoms with van der Waals surface area (Å²) in [6.45, 7) is 2.23. The Balaban J connectivity index is 1.02. The molecule has 2 fully saturated rings. The predicted octanol–water partition coefficient (Wildman–Crippen LogP) is 8.35. The van der Waals surface area contributed by atoms with Crippen LogP contribution in [0.1, 0.15) is 53.1 Å². The molecule has 1 saturated heterocycles. The highest BCUT2D eigenvalue weighted by molar-refractivity contribution is 8.01. The maximum atomic E-state index is 14.8. The summed E-state index contributed by atoms with van der Waals surface area (Å²) in [5, 5.41) is 0. The lowest BCUT2D eigenvalue weighted by Crippen LogP contribution is -2.43. The normalized spacial score (nSPS) is 18.6. The molecule has 330 valence electrons. The number of carbonyl (C=O) groups is 4. The van der Waals surface area contributed by atoms with Crippen LogP contribution in [-0.4, -0.2) is 80.0 Å². The van der Waals surface area contributed by atoms with Gasteiger partial charge in [0.05, 0.1) is 64.1 Å². The largest absolute Gasteiger partial charge is 0.497 e. The molecule has 5 aromatic rings. The lowest BCUT2D eigenvalue weighted by Gasteiger charge is -2.36. The van der Waals surface area contributed by atoms with Gasteiger partial charge in [-0.3, -0.25) is 14.4 Å². The second-order valence-electron chi connectivity index (χ2n) is 16.0. The number of likely N-dealkylation sites (tertiary alicyclic amines) is 1. The van der Waals surface area contributed by atoms with Crippen molar-refractivity contribution in [1.29, 1.82) is 0 Å². The van der Waals surface area contributed by atoms with E-state index >= 15 is 0 Å². The molecule has 1 saturated carbocycles. The van der Waals surface area contributed by atoms with Crippen molar-refractivity contribution in [3.8, 4) is 23.0 Å². The Morgan fingerprint density at radius 1 is 0.719 bits per heavy atom. The van der Waals surface area contributed by atoms with Gasteiger partial charge in [-0.2, -0.15) is 0 Å². The van der Waals surface area contributed by atoms with Crippen LogP contribution in [0.4, 0.5) is 0 Å². The number of hydrogen-bond donors (Lipinski definition) is 0. The first kappa shape index (κ1) is 43.9. The number of ether oxygens (including phenoxy) is 6. The Morgan fingerprint density at radius 3 is 1.97 bits per heavy atom. The van der Waals surface area contributed by atoms with Gasteiger partial charge in [-0.25, -0.2) is 4.79 Å². The van der Waals surface area contributed by atoms with Gasteiger partial charge in [0.2, 0.25) is 11.8 Å². The minimum Gasteiger partial charge on any atom is -0.497 e. The van der Waals surface area contributed by atoms with Gasteiger partial charge in [-0.15, -0.1) is 11.8 Å². The number of nitrogens with zero attached hydrogens (tertiary/aromatic N) is 2. The van der Waals surface area contributed by atoms with Crippen molar-refractivity contribution < 1.29 is 47.6 Å². The van der Waals surface area contributed by atoms with Crippen LogP contribution in [-0.2, 0) is 41.7 Å². The zero-order valence-corrected chi connectivity index (χ0v) is 37.3.